The number of nitrogens with zero attached hydrogens (tertiary/aromatic N) is 3. The number of carbonyl (C=O) groups excluding carboxylic acids is 1. The van der Waals surface area contributed by atoms with E-state index in [4.69, 9.17) is 25.8 Å². The van der Waals surface area contributed by atoms with Crippen molar-refractivity contribution in [3.63, 3.8) is 0 Å². The number of pyridine rings is 1. The number of aromatic nitrogens is 1. The summed E-state index contributed by atoms with van der Waals surface area (Å²) in [6.45, 7) is 13.4. The molecule has 6 rings (SSSR count). The quantitative estimate of drug-likeness (QED) is 0.105. The fraction of sp³-hybridized carbons (Fsp3) is 0.289. The predicted octanol–water partition coefficient (Wildman–Crippen LogP) is 10.2. The van der Waals surface area contributed by atoms with E-state index in [9.17, 15) is 4.79 Å². The van der Waals surface area contributed by atoms with Gasteiger partial charge in [0, 0.05) is 51.3 Å². The molecule has 0 atom stereocenters. The first-order chi connectivity index (χ1) is 25.7. The van der Waals surface area contributed by atoms with E-state index in [0.29, 0.717) is 54.6 Å². The van der Waals surface area contributed by atoms with Gasteiger partial charge in [-0.25, -0.2) is 4.98 Å². The molecule has 5 aromatic rings. The minimum absolute atomic E-state index is 0. The summed E-state index contributed by atoms with van der Waals surface area (Å²) in [4.78, 5) is 21.8. The van der Waals surface area contributed by atoms with E-state index in [0.717, 1.165) is 48.5 Å². The van der Waals surface area contributed by atoms with E-state index in [-0.39, 0.29) is 18.3 Å². The summed E-state index contributed by atoms with van der Waals surface area (Å²) in [6.07, 6.45) is 5.94. The molecule has 1 aliphatic heterocycles. The van der Waals surface area contributed by atoms with Gasteiger partial charge < -0.3 is 19.1 Å². The topological polar surface area (TPSA) is 64.1 Å². The maximum Gasteiger partial charge on any atom is 0.246 e. The second kappa shape index (κ2) is 19.5. The van der Waals surface area contributed by atoms with Gasteiger partial charge in [-0.3, -0.25) is 9.69 Å². The Kier molecular flexibility index (Phi) is 14.6. The number of amides is 1. The summed E-state index contributed by atoms with van der Waals surface area (Å²) in [7, 11) is 0. The zero-order valence-electron chi connectivity index (χ0n) is 31.5. The van der Waals surface area contributed by atoms with Gasteiger partial charge in [-0.05, 0) is 89.6 Å². The molecule has 2 heterocycles. The number of rotatable bonds is 14. The Morgan fingerprint density at radius 3 is 2.13 bits per heavy atom. The molecule has 9 heteroatoms. The average Bonchev–Trinajstić information content (AvgIpc) is 3.17. The van der Waals surface area contributed by atoms with Gasteiger partial charge in [0.15, 0.2) is 5.75 Å². The molecule has 4 aromatic carbocycles. The number of halogens is 2. The van der Waals surface area contributed by atoms with Gasteiger partial charge >= 0.3 is 0 Å². The fourth-order valence-corrected chi connectivity index (χ4v) is 6.47. The Morgan fingerprint density at radius 1 is 0.815 bits per heavy atom. The van der Waals surface area contributed by atoms with Crippen molar-refractivity contribution in [1.29, 1.82) is 0 Å². The summed E-state index contributed by atoms with van der Waals surface area (Å²) in [5.74, 6) is 3.02. The average molecular weight is 767 g/mol. The van der Waals surface area contributed by atoms with Crippen molar-refractivity contribution >= 4 is 36.0 Å². The number of piperazine rings is 1. The number of benzene rings is 4. The summed E-state index contributed by atoms with van der Waals surface area (Å²) >= 11 is 6.64. The Balaban J connectivity index is 0.00000561. The van der Waals surface area contributed by atoms with E-state index in [1.54, 1.807) is 24.4 Å². The van der Waals surface area contributed by atoms with Crippen molar-refractivity contribution in [2.24, 2.45) is 0 Å². The second-order valence-corrected chi connectivity index (χ2v) is 14.3. The van der Waals surface area contributed by atoms with Crippen LogP contribution in [0.1, 0.15) is 58.7 Å². The van der Waals surface area contributed by atoms with Crippen LogP contribution >= 0.6 is 24.0 Å². The number of hydrogen-bond acceptors (Lipinski definition) is 6. The molecule has 0 saturated carbocycles. The zero-order chi connectivity index (χ0) is 37.2. The number of ether oxygens (including phenoxy) is 3. The standard InChI is InChI=1S/C45H48ClN3O4.ClH/c1-32(2)39-14-16-40(17-15-39)51-26-21-35-9-11-36(12-10-35)30-48-22-24-49(25-23-48)44(50)20-13-38-27-34(4)45(42(46)28-38)53-43-19-18-41(29-47-43)52-31-37-7-5-33(3)6-8-37;/h5-20,27-29,32H,21-26,30-31H2,1-4H3;1H. The highest BCUT2D eigenvalue weighted by Crippen LogP contribution is 2.34. The summed E-state index contributed by atoms with van der Waals surface area (Å²) in [6, 6.07) is 32.7. The van der Waals surface area contributed by atoms with Crippen LogP contribution in [0.3, 0.4) is 0 Å². The van der Waals surface area contributed by atoms with Crippen LogP contribution < -0.4 is 14.2 Å². The molecule has 7 nitrogen and oxygen atoms in total. The predicted molar refractivity (Wildman–Crippen MR) is 220 cm³/mol. The molecule has 1 amide bonds. The molecule has 1 aromatic heterocycles. The van der Waals surface area contributed by atoms with Gasteiger partial charge in [0.05, 0.1) is 17.8 Å². The third-order valence-corrected chi connectivity index (χ3v) is 9.71. The Morgan fingerprint density at radius 2 is 1.48 bits per heavy atom. The minimum atomic E-state index is -0.00456. The maximum absolute atomic E-state index is 13.1. The molecule has 0 unspecified atom stereocenters. The molecule has 1 fully saturated rings. The lowest BCUT2D eigenvalue weighted by Crippen LogP contribution is -2.47. The highest BCUT2D eigenvalue weighted by molar-refractivity contribution is 6.32. The van der Waals surface area contributed by atoms with Crippen molar-refractivity contribution in [2.75, 3.05) is 32.8 Å². The van der Waals surface area contributed by atoms with Gasteiger partial charge in [0.25, 0.3) is 0 Å². The van der Waals surface area contributed by atoms with E-state index < -0.39 is 0 Å². The third-order valence-electron chi connectivity index (χ3n) is 9.43. The number of aryl methyl sites for hydroxylation is 2. The van der Waals surface area contributed by atoms with Crippen LogP contribution in [0.15, 0.2) is 109 Å². The van der Waals surface area contributed by atoms with Crippen LogP contribution in [0, 0.1) is 13.8 Å². The van der Waals surface area contributed by atoms with Crippen LogP contribution in [-0.2, 0) is 24.4 Å². The number of hydrogen-bond donors (Lipinski definition) is 0. The molecule has 0 aliphatic carbocycles. The van der Waals surface area contributed by atoms with Gasteiger partial charge in [-0.2, -0.15) is 0 Å². The minimum Gasteiger partial charge on any atom is -0.493 e. The van der Waals surface area contributed by atoms with E-state index in [1.807, 2.05) is 30.0 Å². The lowest BCUT2D eigenvalue weighted by molar-refractivity contribution is -0.127. The molecule has 54 heavy (non-hydrogen) atoms. The smallest absolute Gasteiger partial charge is 0.246 e. The molecule has 0 spiro atoms. The van der Waals surface area contributed by atoms with Gasteiger partial charge in [0.2, 0.25) is 11.8 Å². The SMILES string of the molecule is Cc1ccc(COc2ccc(Oc3c(C)cc(C=CC(=O)N4CCN(Cc5ccc(CCOc6ccc(C(C)C)cc6)cc5)CC4)cc3Cl)nc2)cc1.Cl. The Labute approximate surface area is 331 Å². The molecule has 0 bridgehead atoms. The summed E-state index contributed by atoms with van der Waals surface area (Å²) < 4.78 is 17.9. The Hall–Kier alpha value is -4.82. The van der Waals surface area contributed by atoms with Crippen LogP contribution in [0.2, 0.25) is 5.02 Å². The van der Waals surface area contributed by atoms with Crippen molar-refractivity contribution in [2.45, 2.75) is 53.2 Å². The first-order valence-corrected chi connectivity index (χ1v) is 18.7. The van der Waals surface area contributed by atoms with Crippen LogP contribution in [0.25, 0.3) is 6.08 Å². The van der Waals surface area contributed by atoms with Crippen molar-refractivity contribution in [3.05, 3.63) is 153 Å². The summed E-state index contributed by atoms with van der Waals surface area (Å²) in [5, 5.41) is 0.445. The lowest BCUT2D eigenvalue weighted by Gasteiger charge is -2.34. The third kappa shape index (κ3) is 11.6. The molecule has 1 saturated heterocycles. The maximum atomic E-state index is 13.1. The van der Waals surface area contributed by atoms with Gasteiger partial charge in [0.1, 0.15) is 18.1 Å². The first-order valence-electron chi connectivity index (χ1n) is 18.3. The number of carbonyl (C=O) groups is 1. The fourth-order valence-electron chi connectivity index (χ4n) is 6.16. The highest BCUT2D eigenvalue weighted by Gasteiger charge is 2.20. The monoisotopic (exact) mass is 765 g/mol. The molecule has 282 valence electrons. The van der Waals surface area contributed by atoms with Crippen LogP contribution in [0.5, 0.6) is 23.1 Å². The highest BCUT2D eigenvalue weighted by atomic mass is 35.5. The zero-order valence-corrected chi connectivity index (χ0v) is 33.0. The molecular formula is C45H49Cl2N3O4. The Bertz CT molecular complexity index is 1950. The first kappa shape index (κ1) is 40.4. The summed E-state index contributed by atoms with van der Waals surface area (Å²) in [5.41, 5.74) is 7.83. The van der Waals surface area contributed by atoms with Crippen molar-refractivity contribution in [3.8, 4) is 23.1 Å². The van der Waals surface area contributed by atoms with Gasteiger partial charge in [-0.1, -0.05) is 91.7 Å². The normalized spacial score (nSPS) is 13.2. The molecular weight excluding hydrogens is 717 g/mol. The van der Waals surface area contributed by atoms with E-state index in [1.165, 1.54) is 22.3 Å². The van der Waals surface area contributed by atoms with E-state index in [2.05, 4.69) is 103 Å². The largest absolute Gasteiger partial charge is 0.493 e. The molecule has 0 N–H and O–H groups in total. The van der Waals surface area contributed by atoms with Crippen LogP contribution in [-0.4, -0.2) is 53.5 Å². The van der Waals surface area contributed by atoms with Gasteiger partial charge in [-0.15, -0.1) is 12.4 Å². The molecule has 0 radical (unpaired) electrons. The molecule has 1 aliphatic rings. The van der Waals surface area contributed by atoms with Crippen molar-refractivity contribution in [1.82, 2.24) is 14.8 Å². The van der Waals surface area contributed by atoms with Crippen molar-refractivity contribution < 1.29 is 19.0 Å². The van der Waals surface area contributed by atoms with E-state index >= 15 is 0 Å². The second-order valence-electron chi connectivity index (χ2n) is 13.9. The van der Waals surface area contributed by atoms with Crippen LogP contribution in [0.4, 0.5) is 0 Å². The lowest BCUT2D eigenvalue weighted by atomic mass is 10.0.